The topological polar surface area (TPSA) is 64.6 Å². The lowest BCUT2D eigenvalue weighted by Gasteiger charge is -2.22. The number of cyclic esters (lactones) is 1. The van der Waals surface area contributed by atoms with E-state index in [1.165, 1.54) is 26.4 Å². The van der Waals surface area contributed by atoms with Gasteiger partial charge in [0.25, 0.3) is 0 Å². The van der Waals surface area contributed by atoms with Crippen molar-refractivity contribution in [1.29, 1.82) is 0 Å². The average Bonchev–Trinajstić information content (AvgIpc) is 2.95. The molecule has 0 aliphatic carbocycles. The van der Waals surface area contributed by atoms with E-state index >= 15 is 0 Å². The summed E-state index contributed by atoms with van der Waals surface area (Å²) in [6.07, 6.45) is -9.56. The second kappa shape index (κ2) is 7.65. The van der Waals surface area contributed by atoms with Gasteiger partial charge in [0.1, 0.15) is 11.8 Å². The van der Waals surface area contributed by atoms with Crippen molar-refractivity contribution in [2.75, 3.05) is 7.11 Å². The first kappa shape index (κ1) is 21.7. The van der Waals surface area contributed by atoms with Gasteiger partial charge in [-0.25, -0.2) is 9.78 Å². The number of hydrogen-bond donors (Lipinski definition) is 0. The zero-order valence-corrected chi connectivity index (χ0v) is 15.6. The van der Waals surface area contributed by atoms with Gasteiger partial charge in [-0.2, -0.15) is 26.3 Å². The van der Waals surface area contributed by atoms with Crippen molar-refractivity contribution >= 4 is 6.09 Å². The molecule has 6 nitrogen and oxygen atoms in total. The Labute approximate surface area is 166 Å². The van der Waals surface area contributed by atoms with Crippen LogP contribution in [0.4, 0.5) is 31.1 Å². The van der Waals surface area contributed by atoms with Gasteiger partial charge in [-0.05, 0) is 30.7 Å². The molecule has 0 N–H and O–H groups in total. The van der Waals surface area contributed by atoms with E-state index in [0.717, 1.165) is 4.90 Å². The molecule has 0 spiro atoms. The molecule has 0 bridgehead atoms. The SMILES string of the molecule is COc1nccnc1CN1C(=O)OC(c2cc(C(F)(F)F)cc(C(F)(F)F)c2)C1C. The summed E-state index contributed by atoms with van der Waals surface area (Å²) in [5, 5.41) is 0. The molecule has 1 aliphatic heterocycles. The molecule has 2 heterocycles. The average molecular weight is 435 g/mol. The molecule has 1 aromatic heterocycles. The summed E-state index contributed by atoms with van der Waals surface area (Å²) < 4.78 is 88.9. The molecule has 2 aromatic rings. The second-order valence-electron chi connectivity index (χ2n) is 6.52. The fourth-order valence-electron chi connectivity index (χ4n) is 3.10. The van der Waals surface area contributed by atoms with Crippen LogP contribution in [0.5, 0.6) is 5.88 Å². The number of benzene rings is 1. The maximum Gasteiger partial charge on any atom is 0.416 e. The molecule has 1 aliphatic rings. The molecule has 30 heavy (non-hydrogen) atoms. The van der Waals surface area contributed by atoms with E-state index in [-0.39, 0.29) is 24.2 Å². The van der Waals surface area contributed by atoms with E-state index in [1.807, 2.05) is 0 Å². The number of amides is 1. The summed E-state index contributed by atoms with van der Waals surface area (Å²) in [6.45, 7) is 1.30. The quantitative estimate of drug-likeness (QED) is 0.657. The molecule has 0 radical (unpaired) electrons. The Bertz CT molecular complexity index is 915. The van der Waals surface area contributed by atoms with E-state index in [2.05, 4.69) is 9.97 Å². The smallest absolute Gasteiger partial charge is 0.416 e. The molecular formula is C18H15F6N3O3. The Morgan fingerprint density at radius 3 is 2.13 bits per heavy atom. The zero-order valence-electron chi connectivity index (χ0n) is 15.6. The van der Waals surface area contributed by atoms with Crippen LogP contribution in [0.15, 0.2) is 30.6 Å². The van der Waals surface area contributed by atoms with Crippen molar-refractivity contribution in [2.24, 2.45) is 0 Å². The second-order valence-corrected chi connectivity index (χ2v) is 6.52. The van der Waals surface area contributed by atoms with Crippen LogP contribution in [0.3, 0.4) is 0 Å². The minimum absolute atomic E-state index is 0.0210. The molecule has 1 fully saturated rings. The number of aromatic nitrogens is 2. The fraction of sp³-hybridized carbons (Fsp3) is 0.389. The number of rotatable bonds is 4. The van der Waals surface area contributed by atoms with Crippen LogP contribution in [0, 0.1) is 0 Å². The molecule has 1 saturated heterocycles. The number of nitrogens with zero attached hydrogens (tertiary/aromatic N) is 3. The Morgan fingerprint density at radius 1 is 1.03 bits per heavy atom. The van der Waals surface area contributed by atoms with Crippen molar-refractivity contribution in [2.45, 2.75) is 38.0 Å². The summed E-state index contributed by atoms with van der Waals surface area (Å²) in [5.74, 6) is 0.124. The maximum atomic E-state index is 13.1. The van der Waals surface area contributed by atoms with E-state index in [0.29, 0.717) is 12.1 Å². The Morgan fingerprint density at radius 2 is 1.60 bits per heavy atom. The number of carbonyl (C=O) groups excluding carboxylic acids is 1. The first-order valence-corrected chi connectivity index (χ1v) is 8.52. The normalized spacial score (nSPS) is 19.7. The minimum Gasteiger partial charge on any atom is -0.480 e. The van der Waals surface area contributed by atoms with Crippen LogP contribution >= 0.6 is 0 Å². The van der Waals surface area contributed by atoms with Crippen LogP contribution in [0.1, 0.15) is 35.4 Å². The summed E-state index contributed by atoms with van der Waals surface area (Å²) in [7, 11) is 1.34. The predicted molar refractivity (Wildman–Crippen MR) is 89.3 cm³/mol. The van der Waals surface area contributed by atoms with E-state index in [9.17, 15) is 31.1 Å². The van der Waals surface area contributed by atoms with Crippen LogP contribution < -0.4 is 4.74 Å². The highest BCUT2D eigenvalue weighted by Crippen LogP contribution is 2.41. The highest BCUT2D eigenvalue weighted by atomic mass is 19.4. The van der Waals surface area contributed by atoms with Gasteiger partial charge in [-0.3, -0.25) is 9.88 Å². The third-order valence-corrected chi connectivity index (χ3v) is 4.58. The number of methoxy groups -OCH3 is 1. The van der Waals surface area contributed by atoms with Gasteiger partial charge in [-0.15, -0.1) is 0 Å². The highest BCUT2D eigenvalue weighted by molar-refractivity contribution is 5.71. The molecule has 2 unspecified atom stereocenters. The number of carbonyl (C=O) groups is 1. The molecule has 0 saturated carbocycles. The molecule has 3 rings (SSSR count). The van der Waals surface area contributed by atoms with Crippen molar-refractivity contribution < 1.29 is 40.6 Å². The van der Waals surface area contributed by atoms with Gasteiger partial charge >= 0.3 is 18.4 Å². The third kappa shape index (κ3) is 4.26. The van der Waals surface area contributed by atoms with Gasteiger partial charge in [0.05, 0.1) is 30.8 Å². The molecule has 12 heteroatoms. The lowest BCUT2D eigenvalue weighted by atomic mass is 9.97. The lowest BCUT2D eigenvalue weighted by Crippen LogP contribution is -2.32. The highest BCUT2D eigenvalue weighted by Gasteiger charge is 2.43. The fourth-order valence-corrected chi connectivity index (χ4v) is 3.10. The monoisotopic (exact) mass is 435 g/mol. The number of halogens is 6. The minimum atomic E-state index is -5.01. The Kier molecular flexibility index (Phi) is 5.52. The third-order valence-electron chi connectivity index (χ3n) is 4.58. The largest absolute Gasteiger partial charge is 0.480 e. The number of ether oxygens (including phenoxy) is 2. The Balaban J connectivity index is 1.96. The van der Waals surface area contributed by atoms with Crippen molar-refractivity contribution in [3.05, 3.63) is 53.0 Å². The molecule has 1 amide bonds. The van der Waals surface area contributed by atoms with Crippen molar-refractivity contribution in [3.8, 4) is 5.88 Å². The molecule has 162 valence electrons. The van der Waals surface area contributed by atoms with Crippen LogP contribution in [0.2, 0.25) is 0 Å². The van der Waals surface area contributed by atoms with Crippen LogP contribution in [-0.4, -0.2) is 34.1 Å². The van der Waals surface area contributed by atoms with Crippen molar-refractivity contribution in [1.82, 2.24) is 14.9 Å². The van der Waals surface area contributed by atoms with Crippen molar-refractivity contribution in [3.63, 3.8) is 0 Å². The molecule has 2 atom stereocenters. The number of hydrogen-bond acceptors (Lipinski definition) is 5. The summed E-state index contributed by atoms with van der Waals surface area (Å²) >= 11 is 0. The van der Waals surface area contributed by atoms with Crippen LogP contribution in [0.25, 0.3) is 0 Å². The van der Waals surface area contributed by atoms with Crippen LogP contribution in [-0.2, 0) is 23.6 Å². The first-order chi connectivity index (χ1) is 13.9. The predicted octanol–water partition coefficient (Wildman–Crippen LogP) is 4.60. The lowest BCUT2D eigenvalue weighted by molar-refractivity contribution is -0.143. The summed E-state index contributed by atoms with van der Waals surface area (Å²) in [4.78, 5) is 21.4. The van der Waals surface area contributed by atoms with E-state index in [4.69, 9.17) is 9.47 Å². The standard InChI is InChI=1S/C18H15F6N3O3/c1-9-14(10-5-11(17(19,20)21)7-12(6-10)18(22,23)24)30-16(28)27(9)8-13-15(29-2)26-4-3-25-13/h3-7,9,14H,8H2,1-2H3. The summed E-state index contributed by atoms with van der Waals surface area (Å²) in [6, 6.07) is 0.244. The number of alkyl halides is 6. The maximum absolute atomic E-state index is 13.1. The zero-order chi connectivity index (χ0) is 22.3. The molecule has 1 aromatic carbocycles. The van der Waals surface area contributed by atoms with E-state index in [1.54, 1.807) is 0 Å². The van der Waals surface area contributed by atoms with Gasteiger partial charge in [0.2, 0.25) is 5.88 Å². The van der Waals surface area contributed by atoms with Gasteiger partial charge in [0, 0.05) is 12.4 Å². The first-order valence-electron chi connectivity index (χ1n) is 8.52. The Hall–Kier alpha value is -3.05. The van der Waals surface area contributed by atoms with Gasteiger partial charge in [0.15, 0.2) is 0 Å². The van der Waals surface area contributed by atoms with Gasteiger partial charge < -0.3 is 9.47 Å². The molecular weight excluding hydrogens is 420 g/mol. The van der Waals surface area contributed by atoms with Gasteiger partial charge in [-0.1, -0.05) is 0 Å². The van der Waals surface area contributed by atoms with E-state index < -0.39 is 47.3 Å². The summed E-state index contributed by atoms with van der Waals surface area (Å²) in [5.41, 5.74) is -3.12.